The molecule has 1 aromatic heterocycles. The Bertz CT molecular complexity index is 434. The van der Waals surface area contributed by atoms with Crippen molar-refractivity contribution in [3.63, 3.8) is 0 Å². The average molecular weight is 293 g/mol. The predicted octanol–water partition coefficient (Wildman–Crippen LogP) is 3.02. The number of nitrogens with zero attached hydrogens (tertiary/aromatic N) is 2. The lowest BCUT2D eigenvalue weighted by Gasteiger charge is -2.25. The van der Waals surface area contributed by atoms with E-state index in [9.17, 15) is 4.79 Å². The highest BCUT2D eigenvalue weighted by atomic mass is 32.1. The number of hydrogen-bond acceptors (Lipinski definition) is 3. The van der Waals surface area contributed by atoms with E-state index in [-0.39, 0.29) is 12.1 Å². The van der Waals surface area contributed by atoms with Gasteiger partial charge in [0.25, 0.3) is 0 Å². The summed E-state index contributed by atoms with van der Waals surface area (Å²) >= 11 is 1.65. The molecule has 0 saturated heterocycles. The summed E-state index contributed by atoms with van der Waals surface area (Å²) in [5, 5.41) is 6.08. The topological polar surface area (TPSA) is 45.2 Å². The molecule has 1 rings (SSSR count). The number of aromatic nitrogens is 1. The van der Waals surface area contributed by atoms with E-state index < -0.39 is 0 Å². The van der Waals surface area contributed by atoms with Gasteiger partial charge < -0.3 is 10.2 Å². The van der Waals surface area contributed by atoms with Gasteiger partial charge in [0.05, 0.1) is 25.1 Å². The number of amides is 2. The van der Waals surface area contributed by atoms with Crippen LogP contribution in [0.1, 0.15) is 44.3 Å². The summed E-state index contributed by atoms with van der Waals surface area (Å²) in [5.74, 6) is 0.750. The highest BCUT2D eigenvalue weighted by Crippen LogP contribution is 2.19. The molecule has 2 radical (unpaired) electrons. The first-order valence-electron chi connectivity index (χ1n) is 7.01. The molecule has 0 aromatic carbocycles. The van der Waals surface area contributed by atoms with Crippen LogP contribution in [0.5, 0.6) is 0 Å². The maximum atomic E-state index is 12.1. The largest absolute Gasteiger partial charge is 0.336 e. The molecule has 4 nitrogen and oxygen atoms in total. The first-order valence-corrected chi connectivity index (χ1v) is 7.89. The van der Waals surface area contributed by atoms with Gasteiger partial charge in [-0.15, -0.1) is 11.3 Å². The van der Waals surface area contributed by atoms with Crippen molar-refractivity contribution >= 4 is 25.2 Å². The molecule has 0 aliphatic heterocycles. The molecule has 110 valence electrons. The second kappa shape index (κ2) is 7.67. The summed E-state index contributed by atoms with van der Waals surface area (Å²) in [7, 11) is 7.44. The van der Waals surface area contributed by atoms with Crippen molar-refractivity contribution in [1.82, 2.24) is 15.2 Å². The Labute approximate surface area is 127 Å². The molecule has 20 heavy (non-hydrogen) atoms. The van der Waals surface area contributed by atoms with Gasteiger partial charge in [-0.2, -0.15) is 0 Å². The van der Waals surface area contributed by atoms with Gasteiger partial charge in [-0.25, -0.2) is 9.78 Å². The number of carbonyl (C=O) groups excluding carboxylic acids is 1. The van der Waals surface area contributed by atoms with Gasteiger partial charge in [0, 0.05) is 24.4 Å². The lowest BCUT2D eigenvalue weighted by molar-refractivity contribution is 0.199. The summed E-state index contributed by atoms with van der Waals surface area (Å²) < 4.78 is 0. The average Bonchev–Trinajstić information content (AvgIpc) is 2.83. The van der Waals surface area contributed by atoms with Gasteiger partial charge in [0.1, 0.15) is 0 Å². The van der Waals surface area contributed by atoms with Gasteiger partial charge >= 0.3 is 6.03 Å². The first kappa shape index (κ1) is 17.0. The summed E-state index contributed by atoms with van der Waals surface area (Å²) in [4.78, 5) is 18.3. The van der Waals surface area contributed by atoms with E-state index in [1.807, 2.05) is 19.2 Å². The second-order valence-electron chi connectivity index (χ2n) is 5.72. The lowest BCUT2D eigenvalue weighted by atomic mass is 9.90. The minimum absolute atomic E-state index is 0.00612. The minimum Gasteiger partial charge on any atom is -0.336 e. The lowest BCUT2D eigenvalue weighted by Crippen LogP contribution is -2.44. The molecule has 0 saturated carbocycles. The van der Waals surface area contributed by atoms with Crippen molar-refractivity contribution in [2.24, 2.45) is 5.92 Å². The monoisotopic (exact) mass is 293 g/mol. The molecule has 1 aromatic rings. The zero-order valence-electron chi connectivity index (χ0n) is 13.0. The van der Waals surface area contributed by atoms with Crippen molar-refractivity contribution in [1.29, 1.82) is 0 Å². The van der Waals surface area contributed by atoms with E-state index in [1.54, 1.807) is 23.3 Å². The van der Waals surface area contributed by atoms with Crippen LogP contribution in [0, 0.1) is 5.92 Å². The Kier molecular flexibility index (Phi) is 6.53. The summed E-state index contributed by atoms with van der Waals surface area (Å²) in [5.41, 5.74) is 0.935. The highest BCUT2D eigenvalue weighted by molar-refractivity contribution is 7.09. The van der Waals surface area contributed by atoms with Crippen LogP contribution in [-0.4, -0.2) is 36.9 Å². The third-order valence-corrected chi connectivity index (χ3v) is 4.37. The second-order valence-corrected chi connectivity index (χ2v) is 6.61. The van der Waals surface area contributed by atoms with E-state index >= 15 is 0 Å². The van der Waals surface area contributed by atoms with Crippen molar-refractivity contribution in [2.75, 3.05) is 7.05 Å². The summed E-state index contributed by atoms with van der Waals surface area (Å²) in [6.07, 6.45) is 0.450. The van der Waals surface area contributed by atoms with Crippen molar-refractivity contribution in [3.05, 3.63) is 16.1 Å². The molecule has 1 unspecified atom stereocenters. The third-order valence-electron chi connectivity index (χ3n) is 3.18. The quantitative estimate of drug-likeness (QED) is 0.819. The van der Waals surface area contributed by atoms with E-state index in [4.69, 9.17) is 7.85 Å². The van der Waals surface area contributed by atoms with Crippen LogP contribution in [0.25, 0.3) is 0 Å². The minimum atomic E-state index is -0.103. The number of urea groups is 1. The van der Waals surface area contributed by atoms with Crippen molar-refractivity contribution < 1.29 is 4.79 Å². The van der Waals surface area contributed by atoms with Crippen molar-refractivity contribution in [3.8, 4) is 0 Å². The van der Waals surface area contributed by atoms with Gasteiger partial charge in [-0.3, -0.25) is 0 Å². The summed E-state index contributed by atoms with van der Waals surface area (Å²) in [6.45, 7) is 8.85. The van der Waals surface area contributed by atoms with E-state index in [0.717, 1.165) is 10.7 Å². The molecule has 0 aliphatic rings. The zero-order chi connectivity index (χ0) is 15.3. The van der Waals surface area contributed by atoms with Crippen LogP contribution in [-0.2, 0) is 6.54 Å². The molecule has 1 N–H and O–H groups in total. The molecule has 0 fully saturated rings. The van der Waals surface area contributed by atoms with Gasteiger partial charge in [-0.1, -0.05) is 34.0 Å². The first-order chi connectivity index (χ1) is 9.35. The predicted molar refractivity (Wildman–Crippen MR) is 85.4 cm³/mol. The van der Waals surface area contributed by atoms with E-state index in [2.05, 4.69) is 24.1 Å². The van der Waals surface area contributed by atoms with Gasteiger partial charge in [-0.05, 0) is 5.92 Å². The van der Waals surface area contributed by atoms with Crippen LogP contribution < -0.4 is 5.32 Å². The van der Waals surface area contributed by atoms with Crippen LogP contribution in [0.15, 0.2) is 5.38 Å². The maximum absolute atomic E-state index is 12.1. The molecule has 0 spiro atoms. The number of nitrogens with one attached hydrogen (secondary N) is 1. The van der Waals surface area contributed by atoms with Crippen LogP contribution >= 0.6 is 11.3 Å². The molecular weight excluding hydrogens is 269 g/mol. The SMILES string of the molecule is [B]CC(NC(=O)N(C)Cc1csc(C(C)C)n1)C(C)C. The third kappa shape index (κ3) is 4.82. The number of rotatable bonds is 6. The molecule has 0 bridgehead atoms. The highest BCUT2D eigenvalue weighted by Gasteiger charge is 2.17. The summed E-state index contributed by atoms with van der Waals surface area (Å²) in [6, 6.07) is -0.0974. The standard InChI is InChI=1S/C14H24BN3OS/c1-9(2)12(6-15)17-14(19)18(5)7-11-8-20-13(16-11)10(3)4/h8-10,12H,6-7H2,1-5H3,(H,17,19). The number of hydrogen-bond donors (Lipinski definition) is 1. The van der Waals surface area contributed by atoms with Crippen LogP contribution in [0.4, 0.5) is 4.79 Å². The smallest absolute Gasteiger partial charge is 0.317 e. The fourth-order valence-electron chi connectivity index (χ4n) is 1.74. The maximum Gasteiger partial charge on any atom is 0.317 e. The number of carbonyl (C=O) groups is 1. The molecule has 6 heteroatoms. The Morgan fingerprint density at radius 3 is 2.55 bits per heavy atom. The molecule has 0 aliphatic carbocycles. The molecule has 1 atom stereocenters. The molecular formula is C14H24BN3OS. The van der Waals surface area contributed by atoms with Crippen LogP contribution in [0.2, 0.25) is 6.32 Å². The van der Waals surface area contributed by atoms with E-state index in [1.165, 1.54) is 0 Å². The van der Waals surface area contributed by atoms with Gasteiger partial charge in [0.15, 0.2) is 0 Å². The van der Waals surface area contributed by atoms with Crippen molar-refractivity contribution in [2.45, 2.75) is 52.5 Å². The Morgan fingerprint density at radius 2 is 2.10 bits per heavy atom. The normalized spacial score (nSPS) is 12.8. The van der Waals surface area contributed by atoms with Gasteiger partial charge in [0.2, 0.25) is 0 Å². The fraction of sp³-hybridized carbons (Fsp3) is 0.714. The Balaban J connectivity index is 2.56. The Morgan fingerprint density at radius 1 is 1.45 bits per heavy atom. The molecule has 1 heterocycles. The fourth-order valence-corrected chi connectivity index (χ4v) is 2.57. The molecule has 2 amide bonds. The van der Waals surface area contributed by atoms with E-state index in [0.29, 0.717) is 24.7 Å². The Hall–Kier alpha value is -1.04. The van der Waals surface area contributed by atoms with Crippen LogP contribution in [0.3, 0.4) is 0 Å². The zero-order valence-corrected chi connectivity index (χ0v) is 13.8. The number of thiazole rings is 1.